The van der Waals surface area contributed by atoms with Gasteiger partial charge in [0.1, 0.15) is 11.0 Å². The average Bonchev–Trinajstić information content (AvgIpc) is 3.27. The maximum atomic E-state index is 12.2. The Hall–Kier alpha value is -2.22. The van der Waals surface area contributed by atoms with Crippen molar-refractivity contribution in [2.24, 2.45) is 0 Å². The molecule has 3 rings (SSSR count). The molecule has 2 aromatic heterocycles. The quantitative estimate of drug-likeness (QED) is 0.866. The van der Waals surface area contributed by atoms with E-state index in [0.717, 1.165) is 17.8 Å². The number of carbonyl (C=O) groups excluding carboxylic acids is 2. The van der Waals surface area contributed by atoms with Crippen molar-refractivity contribution < 1.29 is 14.0 Å². The minimum Gasteiger partial charge on any atom is -0.459 e. The average molecular weight is 348 g/mol. The van der Waals surface area contributed by atoms with E-state index in [0.29, 0.717) is 11.0 Å². The topological polar surface area (TPSA) is 97.1 Å². The molecule has 2 heterocycles. The smallest absolute Gasteiger partial charge is 0.287 e. The van der Waals surface area contributed by atoms with E-state index < -0.39 is 11.9 Å². The summed E-state index contributed by atoms with van der Waals surface area (Å²) >= 11 is 1.42. The third kappa shape index (κ3) is 4.00. The summed E-state index contributed by atoms with van der Waals surface area (Å²) < 4.78 is 5.00. The first-order valence-electron chi connectivity index (χ1n) is 8.12. The number of hydrogen-bond donors (Lipinski definition) is 2. The number of amides is 2. The van der Waals surface area contributed by atoms with Crippen LogP contribution >= 0.6 is 11.3 Å². The van der Waals surface area contributed by atoms with Crippen molar-refractivity contribution in [1.29, 1.82) is 0 Å². The van der Waals surface area contributed by atoms with Crippen LogP contribution in [0.2, 0.25) is 0 Å². The standard InChI is InChI=1S/C16H20N4O3S/c1-10(17-14(22)12-8-5-9-23-12)13(21)18-16-20-19-15(24-16)11-6-3-2-4-7-11/h5,8-11H,2-4,6-7H2,1H3,(H,17,22)(H,18,20,21). The van der Waals surface area contributed by atoms with Gasteiger partial charge in [-0.05, 0) is 31.9 Å². The van der Waals surface area contributed by atoms with E-state index in [2.05, 4.69) is 20.8 Å². The van der Waals surface area contributed by atoms with Gasteiger partial charge in [0, 0.05) is 5.92 Å². The van der Waals surface area contributed by atoms with Crippen molar-refractivity contribution in [2.45, 2.75) is 51.0 Å². The van der Waals surface area contributed by atoms with E-state index in [9.17, 15) is 9.59 Å². The first kappa shape index (κ1) is 16.6. The minimum atomic E-state index is -0.704. The lowest BCUT2D eigenvalue weighted by Crippen LogP contribution is -2.41. The molecule has 1 fully saturated rings. The van der Waals surface area contributed by atoms with Crippen LogP contribution in [0, 0.1) is 0 Å². The number of aromatic nitrogens is 2. The van der Waals surface area contributed by atoms with Gasteiger partial charge in [0.2, 0.25) is 11.0 Å². The molecule has 1 atom stereocenters. The number of rotatable bonds is 5. The Labute approximate surface area is 143 Å². The molecule has 128 valence electrons. The molecule has 0 spiro atoms. The lowest BCUT2D eigenvalue weighted by atomic mass is 9.90. The number of carbonyl (C=O) groups is 2. The second kappa shape index (κ2) is 7.57. The molecule has 1 saturated carbocycles. The van der Waals surface area contributed by atoms with Crippen LogP contribution < -0.4 is 10.6 Å². The molecule has 1 aliphatic rings. The Balaban J connectivity index is 1.54. The van der Waals surface area contributed by atoms with Crippen molar-refractivity contribution >= 4 is 28.3 Å². The van der Waals surface area contributed by atoms with Crippen molar-refractivity contribution in [3.05, 3.63) is 29.2 Å². The van der Waals surface area contributed by atoms with E-state index in [1.165, 1.54) is 36.9 Å². The summed E-state index contributed by atoms with van der Waals surface area (Å²) in [5.74, 6) is -0.132. The molecule has 1 aliphatic carbocycles. The second-order valence-corrected chi connectivity index (χ2v) is 6.95. The monoisotopic (exact) mass is 348 g/mol. The molecule has 2 N–H and O–H groups in total. The zero-order valence-electron chi connectivity index (χ0n) is 13.4. The van der Waals surface area contributed by atoms with Crippen molar-refractivity contribution in [1.82, 2.24) is 15.5 Å². The summed E-state index contributed by atoms with van der Waals surface area (Å²) in [6, 6.07) is 2.46. The van der Waals surface area contributed by atoms with Gasteiger partial charge < -0.3 is 9.73 Å². The molecule has 0 bridgehead atoms. The summed E-state index contributed by atoms with van der Waals surface area (Å²) in [5.41, 5.74) is 0. The first-order valence-corrected chi connectivity index (χ1v) is 8.94. The van der Waals surface area contributed by atoms with Crippen LogP contribution in [0.15, 0.2) is 22.8 Å². The van der Waals surface area contributed by atoms with Crippen LogP contribution in [0.1, 0.15) is 60.5 Å². The number of furan rings is 1. The zero-order chi connectivity index (χ0) is 16.9. The Morgan fingerprint density at radius 2 is 2.08 bits per heavy atom. The molecule has 8 heteroatoms. The van der Waals surface area contributed by atoms with Crippen LogP contribution in [0.5, 0.6) is 0 Å². The molecule has 0 saturated heterocycles. The molecule has 0 aliphatic heterocycles. The fourth-order valence-corrected chi connectivity index (χ4v) is 3.67. The molecular formula is C16H20N4O3S. The largest absolute Gasteiger partial charge is 0.459 e. The number of anilines is 1. The molecular weight excluding hydrogens is 328 g/mol. The zero-order valence-corrected chi connectivity index (χ0v) is 14.3. The lowest BCUT2D eigenvalue weighted by molar-refractivity contribution is -0.117. The fraction of sp³-hybridized carbons (Fsp3) is 0.500. The Kier molecular flexibility index (Phi) is 5.24. The van der Waals surface area contributed by atoms with Gasteiger partial charge in [-0.1, -0.05) is 30.6 Å². The van der Waals surface area contributed by atoms with Gasteiger partial charge in [-0.15, -0.1) is 10.2 Å². The van der Waals surface area contributed by atoms with E-state index in [4.69, 9.17) is 4.42 Å². The number of nitrogens with one attached hydrogen (secondary N) is 2. The summed E-state index contributed by atoms with van der Waals surface area (Å²) in [6.07, 6.45) is 7.42. The van der Waals surface area contributed by atoms with Crippen LogP contribution in [0.4, 0.5) is 5.13 Å². The highest BCUT2D eigenvalue weighted by atomic mass is 32.1. The number of nitrogens with zero attached hydrogens (tertiary/aromatic N) is 2. The highest BCUT2D eigenvalue weighted by Gasteiger charge is 2.22. The van der Waals surface area contributed by atoms with Gasteiger partial charge in [0.15, 0.2) is 5.76 Å². The molecule has 2 amide bonds. The molecule has 24 heavy (non-hydrogen) atoms. The van der Waals surface area contributed by atoms with Gasteiger partial charge in [-0.2, -0.15) is 0 Å². The summed E-state index contributed by atoms with van der Waals surface area (Å²) in [6.45, 7) is 1.61. The van der Waals surface area contributed by atoms with Crippen LogP contribution in [0.25, 0.3) is 0 Å². The van der Waals surface area contributed by atoms with Gasteiger partial charge in [0.05, 0.1) is 6.26 Å². The van der Waals surface area contributed by atoms with Gasteiger partial charge >= 0.3 is 0 Å². The van der Waals surface area contributed by atoms with E-state index in [-0.39, 0.29) is 11.7 Å². The van der Waals surface area contributed by atoms with Crippen molar-refractivity contribution in [3.8, 4) is 0 Å². The third-order valence-electron chi connectivity index (χ3n) is 4.11. The Morgan fingerprint density at radius 1 is 1.29 bits per heavy atom. The third-order valence-corrected chi connectivity index (χ3v) is 5.11. The van der Waals surface area contributed by atoms with Gasteiger partial charge in [-0.3, -0.25) is 14.9 Å². The maximum Gasteiger partial charge on any atom is 0.287 e. The van der Waals surface area contributed by atoms with Gasteiger partial charge in [0.25, 0.3) is 5.91 Å². The summed E-state index contributed by atoms with van der Waals surface area (Å²) in [7, 11) is 0. The van der Waals surface area contributed by atoms with Crippen molar-refractivity contribution in [2.75, 3.05) is 5.32 Å². The summed E-state index contributed by atoms with van der Waals surface area (Å²) in [4.78, 5) is 24.1. The van der Waals surface area contributed by atoms with E-state index in [1.807, 2.05) is 0 Å². The maximum absolute atomic E-state index is 12.2. The van der Waals surface area contributed by atoms with E-state index >= 15 is 0 Å². The predicted molar refractivity (Wildman–Crippen MR) is 90.0 cm³/mol. The number of hydrogen-bond acceptors (Lipinski definition) is 6. The second-order valence-electron chi connectivity index (χ2n) is 5.94. The summed E-state index contributed by atoms with van der Waals surface area (Å²) in [5, 5.41) is 15.0. The molecule has 1 unspecified atom stereocenters. The predicted octanol–water partition coefficient (Wildman–Crippen LogP) is 2.94. The van der Waals surface area contributed by atoms with Crippen LogP contribution in [-0.2, 0) is 4.79 Å². The SMILES string of the molecule is CC(NC(=O)c1ccco1)C(=O)Nc1nnc(C2CCCCC2)s1. The van der Waals surface area contributed by atoms with Gasteiger partial charge in [-0.25, -0.2) is 0 Å². The lowest BCUT2D eigenvalue weighted by Gasteiger charge is -2.18. The normalized spacial score (nSPS) is 16.5. The fourth-order valence-electron chi connectivity index (χ4n) is 2.75. The molecule has 0 aromatic carbocycles. The van der Waals surface area contributed by atoms with Crippen LogP contribution in [-0.4, -0.2) is 28.1 Å². The van der Waals surface area contributed by atoms with E-state index in [1.54, 1.807) is 19.1 Å². The first-order chi connectivity index (χ1) is 11.6. The molecule has 0 radical (unpaired) electrons. The molecule has 7 nitrogen and oxygen atoms in total. The van der Waals surface area contributed by atoms with Crippen molar-refractivity contribution in [3.63, 3.8) is 0 Å². The Morgan fingerprint density at radius 3 is 2.79 bits per heavy atom. The Bertz CT molecular complexity index is 692. The highest BCUT2D eigenvalue weighted by Crippen LogP contribution is 2.35. The molecule has 2 aromatic rings. The highest BCUT2D eigenvalue weighted by molar-refractivity contribution is 7.15. The minimum absolute atomic E-state index is 0.171. The van der Waals surface area contributed by atoms with Crippen LogP contribution in [0.3, 0.4) is 0 Å².